The average Bonchev–Trinajstić information content (AvgIpc) is 2.54. The van der Waals surface area contributed by atoms with Crippen molar-refractivity contribution in [3.05, 3.63) is 47.5 Å². The summed E-state index contributed by atoms with van der Waals surface area (Å²) in [4.78, 5) is 16.9. The van der Waals surface area contributed by atoms with Gasteiger partial charge in [-0.1, -0.05) is 31.7 Å². The smallest absolute Gasteiger partial charge is 0.165 e. The minimum absolute atomic E-state index is 0.0221. The molecule has 23 heavy (non-hydrogen) atoms. The summed E-state index contributed by atoms with van der Waals surface area (Å²) in [5.74, 6) is 0.222. The number of rotatable bonds is 4. The third kappa shape index (κ3) is 3.01. The van der Waals surface area contributed by atoms with Crippen molar-refractivity contribution in [2.75, 3.05) is 19.0 Å². The zero-order valence-electron chi connectivity index (χ0n) is 14.0. The van der Waals surface area contributed by atoms with E-state index in [4.69, 9.17) is 0 Å². The van der Waals surface area contributed by atoms with Gasteiger partial charge in [0.25, 0.3) is 0 Å². The molecule has 1 N–H and O–H groups in total. The van der Waals surface area contributed by atoms with E-state index in [0.717, 1.165) is 22.7 Å². The molecule has 0 atom stereocenters. The lowest BCUT2D eigenvalue weighted by molar-refractivity contribution is 0.0939. The van der Waals surface area contributed by atoms with Gasteiger partial charge < -0.3 is 10.2 Å². The number of nitrogens with zero attached hydrogens (tertiary/aromatic N) is 1. The molecule has 4 heteroatoms. The van der Waals surface area contributed by atoms with Crippen LogP contribution in [0.4, 0.5) is 11.4 Å². The lowest BCUT2D eigenvalue weighted by Crippen LogP contribution is -2.16. The van der Waals surface area contributed by atoms with Crippen molar-refractivity contribution in [3.63, 3.8) is 0 Å². The van der Waals surface area contributed by atoms with Gasteiger partial charge in [-0.05, 0) is 42.9 Å². The highest BCUT2D eigenvalue weighted by Gasteiger charge is 2.22. The van der Waals surface area contributed by atoms with Crippen molar-refractivity contribution >= 4 is 28.9 Å². The molecule has 2 aromatic rings. The molecule has 0 unspecified atom stereocenters. The van der Waals surface area contributed by atoms with Gasteiger partial charge in [-0.15, -0.1) is 0 Å². The van der Waals surface area contributed by atoms with Crippen molar-refractivity contribution in [2.24, 2.45) is 5.92 Å². The molecule has 0 radical (unpaired) electrons. The average molecular weight is 326 g/mol. The molecule has 1 aliphatic heterocycles. The normalized spacial score (nSPS) is 13.0. The largest absolute Gasteiger partial charge is 0.343 e. The molecule has 0 saturated heterocycles. The van der Waals surface area contributed by atoms with Gasteiger partial charge in [-0.3, -0.25) is 4.79 Å². The fraction of sp³-hybridized carbons (Fsp3) is 0.316. The van der Waals surface area contributed by atoms with Gasteiger partial charge in [0.2, 0.25) is 0 Å². The van der Waals surface area contributed by atoms with E-state index in [1.807, 2.05) is 33.0 Å². The van der Waals surface area contributed by atoms with Gasteiger partial charge in [0.15, 0.2) is 5.78 Å². The number of ketones is 1. The molecular formula is C19H22N2OS. The van der Waals surface area contributed by atoms with E-state index in [-0.39, 0.29) is 11.7 Å². The molecule has 0 aliphatic carbocycles. The van der Waals surface area contributed by atoms with E-state index < -0.39 is 0 Å². The van der Waals surface area contributed by atoms with Crippen LogP contribution in [0.5, 0.6) is 0 Å². The number of carbonyl (C=O) groups is 1. The van der Waals surface area contributed by atoms with Crippen LogP contribution in [0.2, 0.25) is 0 Å². The number of benzene rings is 2. The maximum Gasteiger partial charge on any atom is 0.165 e. The van der Waals surface area contributed by atoms with Crippen LogP contribution in [0.25, 0.3) is 0 Å². The Labute approximate surface area is 142 Å². The number of carbonyl (C=O) groups excluding carboxylic acids is 1. The van der Waals surface area contributed by atoms with Gasteiger partial charge in [0, 0.05) is 34.9 Å². The van der Waals surface area contributed by atoms with Gasteiger partial charge in [-0.2, -0.15) is 0 Å². The first-order chi connectivity index (χ1) is 11.0. The summed E-state index contributed by atoms with van der Waals surface area (Å²) in [7, 11) is 4.04. The SMILES string of the molecule is CNCc1ccc2c(c1)Sc1cc(C(=O)C(C)C)ccc1N2C. The maximum atomic E-state index is 12.3. The Hall–Kier alpha value is -1.78. The zero-order valence-corrected chi connectivity index (χ0v) is 14.8. The number of nitrogens with one attached hydrogen (secondary N) is 1. The Kier molecular flexibility index (Phi) is 4.46. The highest BCUT2D eigenvalue weighted by molar-refractivity contribution is 7.99. The summed E-state index contributed by atoms with van der Waals surface area (Å²) in [5.41, 5.74) is 4.44. The fourth-order valence-electron chi connectivity index (χ4n) is 2.84. The Morgan fingerprint density at radius 1 is 1.13 bits per heavy atom. The van der Waals surface area contributed by atoms with E-state index in [1.54, 1.807) is 11.8 Å². The third-order valence-electron chi connectivity index (χ3n) is 4.12. The van der Waals surface area contributed by atoms with E-state index in [9.17, 15) is 4.79 Å². The van der Waals surface area contributed by atoms with Crippen molar-refractivity contribution in [1.82, 2.24) is 5.32 Å². The van der Waals surface area contributed by atoms with Gasteiger partial charge in [-0.25, -0.2) is 0 Å². The monoisotopic (exact) mass is 326 g/mol. The van der Waals surface area contributed by atoms with Crippen LogP contribution in [0.1, 0.15) is 29.8 Å². The van der Waals surface area contributed by atoms with Crippen molar-refractivity contribution in [2.45, 2.75) is 30.2 Å². The maximum absolute atomic E-state index is 12.3. The molecule has 1 heterocycles. The predicted molar refractivity (Wildman–Crippen MR) is 97.0 cm³/mol. The molecule has 0 spiro atoms. The number of anilines is 2. The topological polar surface area (TPSA) is 32.3 Å². The minimum atomic E-state index is 0.0221. The molecule has 0 bridgehead atoms. The van der Waals surface area contributed by atoms with Crippen LogP contribution in [0.3, 0.4) is 0 Å². The number of hydrogen-bond donors (Lipinski definition) is 1. The second-order valence-electron chi connectivity index (χ2n) is 6.19. The summed E-state index contributed by atoms with van der Waals surface area (Å²) in [5, 5.41) is 3.19. The first-order valence-corrected chi connectivity index (χ1v) is 8.70. The van der Waals surface area contributed by atoms with E-state index in [1.165, 1.54) is 16.1 Å². The highest BCUT2D eigenvalue weighted by Crippen LogP contribution is 2.48. The van der Waals surface area contributed by atoms with Gasteiger partial charge >= 0.3 is 0 Å². The third-order valence-corrected chi connectivity index (χ3v) is 5.21. The Balaban J connectivity index is 2.00. The van der Waals surface area contributed by atoms with Crippen molar-refractivity contribution in [3.8, 4) is 0 Å². The number of fused-ring (bicyclic) bond motifs is 2. The quantitative estimate of drug-likeness (QED) is 0.840. The Morgan fingerprint density at radius 2 is 1.78 bits per heavy atom. The van der Waals surface area contributed by atoms with Crippen LogP contribution >= 0.6 is 11.8 Å². The number of Topliss-reactive ketones (excluding diaryl/α,β-unsaturated/α-hetero) is 1. The van der Waals surface area contributed by atoms with Crippen LogP contribution in [0, 0.1) is 5.92 Å². The summed E-state index contributed by atoms with van der Waals surface area (Å²) in [6.07, 6.45) is 0. The van der Waals surface area contributed by atoms with Crippen molar-refractivity contribution in [1.29, 1.82) is 0 Å². The molecule has 0 aromatic heterocycles. The first-order valence-electron chi connectivity index (χ1n) is 7.88. The zero-order chi connectivity index (χ0) is 16.6. The fourth-order valence-corrected chi connectivity index (χ4v) is 4.09. The van der Waals surface area contributed by atoms with Crippen LogP contribution in [-0.2, 0) is 6.54 Å². The van der Waals surface area contributed by atoms with Gasteiger partial charge in [0.1, 0.15) is 0 Å². The highest BCUT2D eigenvalue weighted by atomic mass is 32.2. The summed E-state index contributed by atoms with van der Waals surface area (Å²) < 4.78 is 0. The summed E-state index contributed by atoms with van der Waals surface area (Å²) in [6.45, 7) is 4.75. The number of hydrogen-bond acceptors (Lipinski definition) is 4. The van der Waals surface area contributed by atoms with Crippen molar-refractivity contribution < 1.29 is 4.79 Å². The second-order valence-corrected chi connectivity index (χ2v) is 7.28. The summed E-state index contributed by atoms with van der Waals surface area (Å²) >= 11 is 1.75. The molecule has 1 aliphatic rings. The molecule has 3 rings (SSSR count). The van der Waals surface area contributed by atoms with E-state index >= 15 is 0 Å². The second kappa shape index (κ2) is 6.38. The molecular weight excluding hydrogens is 304 g/mol. The van der Waals surface area contributed by atoms with Gasteiger partial charge in [0.05, 0.1) is 11.4 Å². The molecule has 3 nitrogen and oxygen atoms in total. The molecule has 2 aromatic carbocycles. The van der Waals surface area contributed by atoms with E-state index in [2.05, 4.69) is 41.5 Å². The van der Waals surface area contributed by atoms with Crippen LogP contribution < -0.4 is 10.2 Å². The molecule has 0 saturated carbocycles. The van der Waals surface area contributed by atoms with Crippen LogP contribution in [0.15, 0.2) is 46.2 Å². The standard InChI is InChI=1S/C19H22N2OS/c1-12(2)19(22)14-6-8-16-18(10-14)23-17-9-13(11-20-3)5-7-15(17)21(16)4/h5-10,12,20H,11H2,1-4H3. The van der Waals surface area contributed by atoms with E-state index in [0.29, 0.717) is 0 Å². The van der Waals surface area contributed by atoms with Crippen LogP contribution in [-0.4, -0.2) is 19.9 Å². The lowest BCUT2D eigenvalue weighted by atomic mass is 10.0. The first kappa shape index (κ1) is 16.1. The molecule has 0 fully saturated rings. The predicted octanol–water partition coefficient (Wildman–Crippen LogP) is 4.48. The summed E-state index contributed by atoms with van der Waals surface area (Å²) in [6, 6.07) is 12.6. The Morgan fingerprint density at radius 3 is 2.43 bits per heavy atom. The molecule has 0 amide bonds. The lowest BCUT2D eigenvalue weighted by Gasteiger charge is -2.30. The molecule has 120 valence electrons. The minimum Gasteiger partial charge on any atom is -0.343 e. The Bertz CT molecular complexity index is 755.